The second-order valence-corrected chi connectivity index (χ2v) is 9.91. The molecule has 1 radical (unpaired) electrons. The Kier molecular flexibility index (Phi) is 7.10. The number of hydrogen-bond acceptors (Lipinski definition) is 4. The van der Waals surface area contributed by atoms with Gasteiger partial charge in [-0.3, -0.25) is 9.69 Å². The molecule has 0 amide bonds. The fraction of sp³-hybridized carbons (Fsp3) is 0.296. The lowest BCUT2D eigenvalue weighted by atomic mass is 9.99. The molecule has 159 valence electrons. The van der Waals surface area contributed by atoms with Crippen molar-refractivity contribution < 1.29 is 4.79 Å². The summed E-state index contributed by atoms with van der Waals surface area (Å²) in [5.41, 5.74) is 5.78. The zero-order valence-electron chi connectivity index (χ0n) is 18.3. The topological polar surface area (TPSA) is 23.6 Å². The quantitative estimate of drug-likeness (QED) is 0.454. The smallest absolute Gasteiger partial charge is 0.233 e. The van der Waals surface area contributed by atoms with Gasteiger partial charge in [-0.05, 0) is 53.1 Å². The summed E-state index contributed by atoms with van der Waals surface area (Å²) in [7, 11) is 0. The summed E-state index contributed by atoms with van der Waals surface area (Å²) in [6, 6.07) is 25.5. The van der Waals surface area contributed by atoms with Gasteiger partial charge in [-0.1, -0.05) is 50.2 Å². The molecule has 0 saturated carbocycles. The van der Waals surface area contributed by atoms with Crippen LogP contribution in [0.2, 0.25) is 0 Å². The van der Waals surface area contributed by atoms with Gasteiger partial charge in [-0.2, -0.15) is 0 Å². The van der Waals surface area contributed by atoms with Crippen molar-refractivity contribution in [1.29, 1.82) is 0 Å². The zero-order valence-corrected chi connectivity index (χ0v) is 19.1. The highest BCUT2D eigenvalue weighted by Crippen LogP contribution is 2.29. The van der Waals surface area contributed by atoms with Gasteiger partial charge in [0.15, 0.2) is 0 Å². The number of benzene rings is 3. The van der Waals surface area contributed by atoms with Crippen molar-refractivity contribution in [3.63, 3.8) is 0 Å². The van der Waals surface area contributed by atoms with E-state index in [1.54, 1.807) is 0 Å². The van der Waals surface area contributed by atoms with Gasteiger partial charge in [-0.15, -0.1) is 11.8 Å². The number of hydrogen-bond donors (Lipinski definition) is 0. The van der Waals surface area contributed by atoms with E-state index in [1.807, 2.05) is 42.3 Å². The lowest BCUT2D eigenvalue weighted by molar-refractivity contribution is 0.250. The molecule has 31 heavy (non-hydrogen) atoms. The largest absolute Gasteiger partial charge is 0.369 e. The van der Waals surface area contributed by atoms with E-state index in [0.717, 1.165) is 32.7 Å². The Balaban J connectivity index is 1.41. The minimum atomic E-state index is 0.595. The van der Waals surface area contributed by atoms with Crippen LogP contribution in [0.1, 0.15) is 25.0 Å². The number of thioether (sulfide) groups is 1. The summed E-state index contributed by atoms with van der Waals surface area (Å²) in [6.45, 7) is 9.46. The van der Waals surface area contributed by atoms with Crippen LogP contribution >= 0.6 is 11.8 Å². The zero-order chi connectivity index (χ0) is 21.6. The van der Waals surface area contributed by atoms with Crippen molar-refractivity contribution in [3.05, 3.63) is 83.9 Å². The third-order valence-corrected chi connectivity index (χ3v) is 6.69. The summed E-state index contributed by atoms with van der Waals surface area (Å²) < 4.78 is 0. The van der Waals surface area contributed by atoms with Crippen LogP contribution in [0.25, 0.3) is 11.1 Å². The number of anilines is 1. The third kappa shape index (κ3) is 5.57. The van der Waals surface area contributed by atoms with Crippen LogP contribution in [0.4, 0.5) is 5.69 Å². The maximum Gasteiger partial charge on any atom is 0.233 e. The van der Waals surface area contributed by atoms with E-state index in [-0.39, 0.29) is 0 Å². The normalized spacial score (nSPS) is 14.7. The van der Waals surface area contributed by atoms with Crippen LogP contribution in [-0.2, 0) is 11.3 Å². The standard InChI is InChI=1S/C27H29N2OS/c1-21(2)31-26-13-9-23(10-14-26)27-6-4-3-5-24(27)19-28-15-17-29(18-16-28)25-11-7-22(20-30)8-12-25/h3-14,21H,15-19H2,1-2H3. The first-order valence-corrected chi connectivity index (χ1v) is 11.8. The number of nitrogens with zero attached hydrogens (tertiary/aromatic N) is 2. The lowest BCUT2D eigenvalue weighted by Gasteiger charge is -2.36. The van der Waals surface area contributed by atoms with Gasteiger partial charge in [0.25, 0.3) is 0 Å². The van der Waals surface area contributed by atoms with E-state index in [0.29, 0.717) is 10.8 Å². The molecular weight excluding hydrogens is 400 g/mol. The van der Waals surface area contributed by atoms with E-state index in [9.17, 15) is 4.79 Å². The Morgan fingerprint density at radius 2 is 1.55 bits per heavy atom. The first kappa shape index (κ1) is 21.7. The molecule has 0 bridgehead atoms. The van der Waals surface area contributed by atoms with Crippen LogP contribution in [0, 0.1) is 0 Å². The molecule has 1 saturated heterocycles. The Labute approximate surface area is 190 Å². The minimum absolute atomic E-state index is 0.595. The van der Waals surface area contributed by atoms with Gasteiger partial charge in [0.1, 0.15) is 0 Å². The molecule has 0 unspecified atom stereocenters. The van der Waals surface area contributed by atoms with Gasteiger partial charge in [-0.25, -0.2) is 0 Å². The fourth-order valence-electron chi connectivity index (χ4n) is 4.07. The molecular formula is C27H29N2OS. The van der Waals surface area contributed by atoms with Gasteiger partial charge < -0.3 is 4.90 Å². The number of carbonyl (C=O) groups excluding carboxylic acids is 1. The van der Waals surface area contributed by atoms with Crippen molar-refractivity contribution >= 4 is 23.7 Å². The highest BCUT2D eigenvalue weighted by atomic mass is 32.2. The summed E-state index contributed by atoms with van der Waals surface area (Å²) in [4.78, 5) is 17.0. The molecule has 1 aliphatic rings. The Bertz CT molecular complexity index is 991. The van der Waals surface area contributed by atoms with Gasteiger partial charge in [0.2, 0.25) is 6.29 Å². The Hall–Kier alpha value is -2.56. The van der Waals surface area contributed by atoms with Crippen molar-refractivity contribution in [2.24, 2.45) is 0 Å². The van der Waals surface area contributed by atoms with E-state index < -0.39 is 0 Å². The molecule has 4 heteroatoms. The molecule has 1 fully saturated rings. The van der Waals surface area contributed by atoms with Crippen LogP contribution in [0.3, 0.4) is 0 Å². The Morgan fingerprint density at radius 3 is 2.19 bits per heavy atom. The van der Waals surface area contributed by atoms with E-state index in [4.69, 9.17) is 0 Å². The molecule has 1 aliphatic heterocycles. The second-order valence-electron chi connectivity index (χ2n) is 8.26. The number of piperazine rings is 1. The highest BCUT2D eigenvalue weighted by molar-refractivity contribution is 7.99. The molecule has 3 nitrogen and oxygen atoms in total. The molecule has 1 heterocycles. The molecule has 0 spiro atoms. The number of rotatable bonds is 7. The van der Waals surface area contributed by atoms with E-state index in [2.05, 4.69) is 72.2 Å². The van der Waals surface area contributed by atoms with Crippen LogP contribution in [0.15, 0.2) is 77.7 Å². The van der Waals surface area contributed by atoms with E-state index in [1.165, 1.54) is 27.3 Å². The first-order valence-electron chi connectivity index (χ1n) is 10.9. The SMILES string of the molecule is CC(C)Sc1ccc(-c2ccccc2CN2CCN(c3ccc([C]=O)cc3)CC2)cc1. The van der Waals surface area contributed by atoms with Crippen molar-refractivity contribution in [2.75, 3.05) is 31.1 Å². The fourth-order valence-corrected chi connectivity index (χ4v) is 4.91. The van der Waals surface area contributed by atoms with Crippen LogP contribution < -0.4 is 4.90 Å². The molecule has 0 aliphatic carbocycles. The third-order valence-electron chi connectivity index (χ3n) is 5.67. The molecule has 3 aromatic rings. The Morgan fingerprint density at radius 1 is 0.871 bits per heavy atom. The first-order chi connectivity index (χ1) is 15.1. The van der Waals surface area contributed by atoms with Gasteiger partial charge >= 0.3 is 0 Å². The monoisotopic (exact) mass is 429 g/mol. The maximum atomic E-state index is 10.8. The molecule has 0 aromatic heterocycles. The summed E-state index contributed by atoms with van der Waals surface area (Å²) in [6.07, 6.45) is 1.94. The van der Waals surface area contributed by atoms with Gasteiger partial charge in [0.05, 0.1) is 0 Å². The predicted octanol–water partition coefficient (Wildman–Crippen LogP) is 5.63. The lowest BCUT2D eigenvalue weighted by Crippen LogP contribution is -2.46. The minimum Gasteiger partial charge on any atom is -0.369 e. The average Bonchev–Trinajstić information content (AvgIpc) is 2.80. The average molecular weight is 430 g/mol. The second kappa shape index (κ2) is 10.2. The highest BCUT2D eigenvalue weighted by Gasteiger charge is 2.18. The van der Waals surface area contributed by atoms with E-state index >= 15 is 0 Å². The van der Waals surface area contributed by atoms with Crippen molar-refractivity contribution in [1.82, 2.24) is 4.90 Å². The summed E-state index contributed by atoms with van der Waals surface area (Å²) in [5, 5.41) is 0.595. The molecule has 3 aromatic carbocycles. The molecule has 0 N–H and O–H groups in total. The van der Waals surface area contributed by atoms with Crippen molar-refractivity contribution in [2.45, 2.75) is 30.5 Å². The molecule has 4 rings (SSSR count). The predicted molar refractivity (Wildman–Crippen MR) is 132 cm³/mol. The van der Waals surface area contributed by atoms with Crippen LogP contribution in [-0.4, -0.2) is 42.6 Å². The summed E-state index contributed by atoms with van der Waals surface area (Å²) in [5.74, 6) is 0. The van der Waals surface area contributed by atoms with Crippen LogP contribution in [0.5, 0.6) is 0 Å². The van der Waals surface area contributed by atoms with Crippen molar-refractivity contribution in [3.8, 4) is 11.1 Å². The maximum absolute atomic E-state index is 10.8. The van der Waals surface area contributed by atoms with Gasteiger partial charge in [0, 0.05) is 54.1 Å². The molecule has 0 atom stereocenters. The summed E-state index contributed by atoms with van der Waals surface area (Å²) >= 11 is 1.90.